The van der Waals surface area contributed by atoms with Crippen LogP contribution >= 0.6 is 11.8 Å². The van der Waals surface area contributed by atoms with Gasteiger partial charge in [-0.3, -0.25) is 0 Å². The van der Waals surface area contributed by atoms with Crippen molar-refractivity contribution < 1.29 is 4.79 Å². The molecule has 0 aromatic heterocycles. The van der Waals surface area contributed by atoms with Crippen molar-refractivity contribution in [2.45, 2.75) is 50.7 Å². The van der Waals surface area contributed by atoms with Crippen molar-refractivity contribution in [3.8, 4) is 0 Å². The quantitative estimate of drug-likeness (QED) is 0.720. The Labute approximate surface area is 110 Å². The summed E-state index contributed by atoms with van der Waals surface area (Å²) in [5.41, 5.74) is -0.00144. The second kappa shape index (κ2) is 6.24. The van der Waals surface area contributed by atoms with Gasteiger partial charge in [-0.2, -0.15) is 11.8 Å². The SMILES string of the molecule is CCC1CN(CC2(C=O)CCCCC2)CCS1. The molecule has 0 radical (unpaired) electrons. The summed E-state index contributed by atoms with van der Waals surface area (Å²) < 4.78 is 0. The minimum Gasteiger partial charge on any atom is -0.303 e. The Hall–Kier alpha value is -0.0200. The van der Waals surface area contributed by atoms with Gasteiger partial charge < -0.3 is 9.69 Å². The molecule has 1 saturated carbocycles. The highest BCUT2D eigenvalue weighted by atomic mass is 32.2. The Kier molecular flexibility index (Phi) is 4.92. The normalized spacial score (nSPS) is 30.1. The fourth-order valence-corrected chi connectivity index (χ4v) is 4.43. The lowest BCUT2D eigenvalue weighted by Gasteiger charge is -2.40. The number of carbonyl (C=O) groups excluding carboxylic acids is 1. The summed E-state index contributed by atoms with van der Waals surface area (Å²) in [4.78, 5) is 14.0. The van der Waals surface area contributed by atoms with E-state index in [9.17, 15) is 4.79 Å². The maximum atomic E-state index is 11.5. The van der Waals surface area contributed by atoms with Crippen molar-refractivity contribution in [1.82, 2.24) is 4.90 Å². The van der Waals surface area contributed by atoms with Gasteiger partial charge in [-0.25, -0.2) is 0 Å². The third-order valence-corrected chi connectivity index (χ3v) is 5.69. The van der Waals surface area contributed by atoms with E-state index in [2.05, 4.69) is 23.6 Å². The van der Waals surface area contributed by atoms with Gasteiger partial charge in [-0.15, -0.1) is 0 Å². The predicted molar refractivity (Wildman–Crippen MR) is 74.6 cm³/mol. The van der Waals surface area contributed by atoms with E-state index in [0.717, 1.165) is 24.6 Å². The lowest BCUT2D eigenvalue weighted by molar-refractivity contribution is -0.119. The molecule has 2 rings (SSSR count). The minimum atomic E-state index is -0.00144. The number of carbonyl (C=O) groups is 1. The van der Waals surface area contributed by atoms with Gasteiger partial charge in [0.05, 0.1) is 0 Å². The fourth-order valence-electron chi connectivity index (χ4n) is 3.19. The molecule has 98 valence electrons. The Morgan fingerprint density at radius 3 is 2.76 bits per heavy atom. The Morgan fingerprint density at radius 1 is 1.35 bits per heavy atom. The molecule has 1 saturated heterocycles. The second-order valence-corrected chi connectivity index (χ2v) is 7.09. The average Bonchev–Trinajstić information content (AvgIpc) is 2.40. The van der Waals surface area contributed by atoms with Crippen molar-refractivity contribution in [2.24, 2.45) is 5.41 Å². The highest BCUT2D eigenvalue weighted by molar-refractivity contribution is 8.00. The van der Waals surface area contributed by atoms with Gasteiger partial charge in [0, 0.05) is 36.1 Å². The van der Waals surface area contributed by atoms with E-state index in [-0.39, 0.29) is 5.41 Å². The molecular formula is C14H25NOS. The van der Waals surface area contributed by atoms with E-state index < -0.39 is 0 Å². The third kappa shape index (κ3) is 3.47. The van der Waals surface area contributed by atoms with Gasteiger partial charge in [0.25, 0.3) is 0 Å². The van der Waals surface area contributed by atoms with Crippen LogP contribution in [0.3, 0.4) is 0 Å². The smallest absolute Gasteiger partial charge is 0.127 e. The summed E-state index contributed by atoms with van der Waals surface area (Å²) in [6.45, 7) is 5.67. The highest BCUT2D eigenvalue weighted by Gasteiger charge is 2.34. The molecule has 1 aliphatic carbocycles. The van der Waals surface area contributed by atoms with Gasteiger partial charge in [-0.1, -0.05) is 26.2 Å². The molecule has 1 heterocycles. The molecule has 2 aliphatic rings. The molecule has 0 aromatic carbocycles. The first-order valence-corrected chi connectivity index (χ1v) is 8.13. The first-order chi connectivity index (χ1) is 8.28. The molecule has 1 aliphatic heterocycles. The van der Waals surface area contributed by atoms with Gasteiger partial charge >= 0.3 is 0 Å². The standard InChI is InChI=1S/C14H25NOS/c1-2-13-10-15(8-9-17-13)11-14(12-16)6-4-3-5-7-14/h12-13H,2-11H2,1H3. The maximum Gasteiger partial charge on any atom is 0.127 e. The topological polar surface area (TPSA) is 20.3 Å². The second-order valence-electron chi connectivity index (χ2n) is 5.68. The van der Waals surface area contributed by atoms with Crippen LogP contribution in [0.2, 0.25) is 0 Å². The summed E-state index contributed by atoms with van der Waals surface area (Å²) in [6, 6.07) is 0. The minimum absolute atomic E-state index is 0.00144. The van der Waals surface area contributed by atoms with Crippen LogP contribution < -0.4 is 0 Å². The summed E-state index contributed by atoms with van der Waals surface area (Å²) >= 11 is 2.11. The summed E-state index contributed by atoms with van der Waals surface area (Å²) in [5.74, 6) is 1.24. The van der Waals surface area contributed by atoms with Crippen LogP contribution in [0.15, 0.2) is 0 Å². The van der Waals surface area contributed by atoms with Crippen molar-refractivity contribution in [1.29, 1.82) is 0 Å². The summed E-state index contributed by atoms with van der Waals surface area (Å²) in [6.07, 6.45) is 8.60. The lowest BCUT2D eigenvalue weighted by Crippen LogP contribution is -2.46. The Bertz CT molecular complexity index is 251. The zero-order valence-electron chi connectivity index (χ0n) is 11.0. The van der Waals surface area contributed by atoms with Crippen molar-refractivity contribution in [2.75, 3.05) is 25.4 Å². The number of nitrogens with zero attached hydrogens (tertiary/aromatic N) is 1. The maximum absolute atomic E-state index is 11.5. The number of hydrogen-bond acceptors (Lipinski definition) is 3. The first kappa shape index (κ1) is 13.4. The Morgan fingerprint density at radius 2 is 2.12 bits per heavy atom. The molecule has 0 aromatic rings. The zero-order valence-corrected chi connectivity index (χ0v) is 11.8. The molecule has 1 atom stereocenters. The molecule has 0 amide bonds. The molecule has 3 heteroatoms. The van der Waals surface area contributed by atoms with E-state index in [4.69, 9.17) is 0 Å². The monoisotopic (exact) mass is 255 g/mol. The molecule has 17 heavy (non-hydrogen) atoms. The van der Waals surface area contributed by atoms with Crippen molar-refractivity contribution >= 4 is 18.0 Å². The van der Waals surface area contributed by atoms with Gasteiger partial charge in [0.15, 0.2) is 0 Å². The van der Waals surface area contributed by atoms with E-state index in [1.807, 2.05) is 0 Å². The number of aldehydes is 1. The van der Waals surface area contributed by atoms with E-state index in [1.165, 1.54) is 50.8 Å². The Balaban J connectivity index is 1.91. The van der Waals surface area contributed by atoms with E-state index in [0.29, 0.717) is 0 Å². The number of hydrogen-bond donors (Lipinski definition) is 0. The molecular weight excluding hydrogens is 230 g/mol. The van der Waals surface area contributed by atoms with Crippen molar-refractivity contribution in [3.05, 3.63) is 0 Å². The van der Waals surface area contributed by atoms with E-state index >= 15 is 0 Å². The molecule has 0 spiro atoms. The van der Waals surface area contributed by atoms with Crippen molar-refractivity contribution in [3.63, 3.8) is 0 Å². The number of rotatable bonds is 4. The molecule has 0 N–H and O–H groups in total. The van der Waals surface area contributed by atoms with Crippen LogP contribution in [0.1, 0.15) is 45.4 Å². The largest absolute Gasteiger partial charge is 0.303 e. The zero-order chi connectivity index (χ0) is 12.1. The molecule has 2 fully saturated rings. The first-order valence-electron chi connectivity index (χ1n) is 7.08. The highest BCUT2D eigenvalue weighted by Crippen LogP contribution is 2.36. The van der Waals surface area contributed by atoms with Gasteiger partial charge in [-0.05, 0) is 19.3 Å². The van der Waals surface area contributed by atoms with Crippen LogP contribution in [0, 0.1) is 5.41 Å². The van der Waals surface area contributed by atoms with Crippen LogP contribution in [0.4, 0.5) is 0 Å². The molecule has 2 nitrogen and oxygen atoms in total. The summed E-state index contributed by atoms with van der Waals surface area (Å²) in [5, 5.41) is 0.788. The van der Waals surface area contributed by atoms with E-state index in [1.54, 1.807) is 0 Å². The van der Waals surface area contributed by atoms with Crippen LogP contribution in [-0.2, 0) is 4.79 Å². The lowest BCUT2D eigenvalue weighted by atomic mass is 9.75. The van der Waals surface area contributed by atoms with Crippen LogP contribution in [0.5, 0.6) is 0 Å². The average molecular weight is 255 g/mol. The third-order valence-electron chi connectivity index (χ3n) is 4.32. The van der Waals surface area contributed by atoms with Crippen LogP contribution in [-0.4, -0.2) is 41.8 Å². The fraction of sp³-hybridized carbons (Fsp3) is 0.929. The van der Waals surface area contributed by atoms with Crippen LogP contribution in [0.25, 0.3) is 0 Å². The molecule has 0 bridgehead atoms. The van der Waals surface area contributed by atoms with Gasteiger partial charge in [0.1, 0.15) is 6.29 Å². The van der Waals surface area contributed by atoms with Gasteiger partial charge in [0.2, 0.25) is 0 Å². The summed E-state index contributed by atoms with van der Waals surface area (Å²) in [7, 11) is 0. The molecule has 1 unspecified atom stereocenters. The number of thioether (sulfide) groups is 1. The predicted octanol–water partition coefficient (Wildman–Crippen LogP) is 2.96.